The van der Waals surface area contributed by atoms with Crippen LogP contribution in [0, 0.1) is 0 Å². The van der Waals surface area contributed by atoms with Crippen molar-refractivity contribution in [2.45, 2.75) is 6.42 Å². The number of esters is 1. The smallest absolute Gasteiger partial charge is 0.311 e. The molecule has 2 aromatic heterocycles. The van der Waals surface area contributed by atoms with E-state index in [-0.39, 0.29) is 12.4 Å². The van der Waals surface area contributed by atoms with Gasteiger partial charge in [0, 0.05) is 0 Å². The molecule has 0 saturated heterocycles. The topological polar surface area (TPSA) is 65.0 Å². The van der Waals surface area contributed by atoms with Gasteiger partial charge in [-0.2, -0.15) is 0 Å². The van der Waals surface area contributed by atoms with Gasteiger partial charge in [0.25, 0.3) is 0 Å². The Hall–Kier alpha value is -1.75. The highest BCUT2D eigenvalue weighted by atomic mass is 35.5. The van der Waals surface area contributed by atoms with Crippen LogP contribution in [0.5, 0.6) is 0 Å². The van der Waals surface area contributed by atoms with E-state index >= 15 is 0 Å². The monoisotopic (exact) mass is 237 g/mol. The van der Waals surface area contributed by atoms with Gasteiger partial charge in [0.1, 0.15) is 10.7 Å². The second-order valence-electron chi connectivity index (χ2n) is 3.11. The van der Waals surface area contributed by atoms with Crippen molar-refractivity contribution in [2.24, 2.45) is 0 Å². The van der Waals surface area contributed by atoms with Gasteiger partial charge in [-0.05, 0) is 6.07 Å². The van der Waals surface area contributed by atoms with Crippen LogP contribution in [0.3, 0.4) is 0 Å². The number of fused-ring (bicyclic) bond motifs is 1. The van der Waals surface area contributed by atoms with Gasteiger partial charge in [-0.3, -0.25) is 9.78 Å². The van der Waals surface area contributed by atoms with Crippen LogP contribution in [-0.2, 0) is 16.0 Å². The van der Waals surface area contributed by atoms with Crippen molar-refractivity contribution in [3.8, 4) is 0 Å². The van der Waals surface area contributed by atoms with Gasteiger partial charge in [0.15, 0.2) is 0 Å². The molecule has 0 spiro atoms. The van der Waals surface area contributed by atoms with Crippen LogP contribution in [-0.4, -0.2) is 28.0 Å². The van der Waals surface area contributed by atoms with Gasteiger partial charge in [-0.15, -0.1) is 0 Å². The van der Waals surface area contributed by atoms with Crippen molar-refractivity contribution in [3.05, 3.63) is 29.3 Å². The number of halogens is 1. The average molecular weight is 238 g/mol. The van der Waals surface area contributed by atoms with Gasteiger partial charge in [0.2, 0.25) is 0 Å². The lowest BCUT2D eigenvalue weighted by atomic mass is 10.2. The molecule has 16 heavy (non-hydrogen) atoms. The normalized spacial score (nSPS) is 10.4. The third-order valence-electron chi connectivity index (χ3n) is 2.01. The first-order valence-electron chi connectivity index (χ1n) is 4.53. The molecule has 82 valence electrons. The number of carbonyl (C=O) groups is 1. The Morgan fingerprint density at radius 2 is 2.19 bits per heavy atom. The van der Waals surface area contributed by atoms with E-state index in [0.29, 0.717) is 21.9 Å². The van der Waals surface area contributed by atoms with E-state index in [0.717, 1.165) is 0 Å². The molecule has 2 heterocycles. The molecular weight excluding hydrogens is 230 g/mol. The Labute approximate surface area is 96.4 Å². The zero-order valence-corrected chi connectivity index (χ0v) is 9.23. The van der Waals surface area contributed by atoms with Crippen molar-refractivity contribution >= 4 is 28.6 Å². The number of rotatable bonds is 2. The van der Waals surface area contributed by atoms with Crippen LogP contribution >= 0.6 is 11.6 Å². The molecule has 0 saturated carbocycles. The number of carbonyl (C=O) groups excluding carboxylic acids is 1. The molecule has 0 atom stereocenters. The Morgan fingerprint density at radius 3 is 2.94 bits per heavy atom. The molecule has 0 aromatic carbocycles. The third kappa shape index (κ3) is 2.25. The molecule has 5 nitrogen and oxygen atoms in total. The molecule has 6 heteroatoms. The highest BCUT2D eigenvalue weighted by Crippen LogP contribution is 2.12. The fourth-order valence-electron chi connectivity index (χ4n) is 1.25. The molecule has 0 fully saturated rings. The summed E-state index contributed by atoms with van der Waals surface area (Å²) in [7, 11) is 1.33. The molecule has 0 aliphatic heterocycles. The van der Waals surface area contributed by atoms with E-state index in [1.807, 2.05) is 0 Å². The van der Waals surface area contributed by atoms with E-state index in [2.05, 4.69) is 19.7 Å². The summed E-state index contributed by atoms with van der Waals surface area (Å²) >= 11 is 5.72. The Balaban J connectivity index is 2.39. The van der Waals surface area contributed by atoms with Crippen molar-refractivity contribution < 1.29 is 9.53 Å². The van der Waals surface area contributed by atoms with Crippen LogP contribution < -0.4 is 0 Å². The quantitative estimate of drug-likeness (QED) is 0.739. The molecule has 2 aromatic rings. The van der Waals surface area contributed by atoms with E-state index in [9.17, 15) is 4.79 Å². The van der Waals surface area contributed by atoms with Crippen LogP contribution in [0.4, 0.5) is 0 Å². The van der Waals surface area contributed by atoms with Crippen LogP contribution in [0.2, 0.25) is 5.15 Å². The Bertz CT molecular complexity index is 545. The molecule has 0 aliphatic rings. The Morgan fingerprint density at radius 1 is 1.38 bits per heavy atom. The lowest BCUT2D eigenvalue weighted by Gasteiger charge is -2.01. The van der Waals surface area contributed by atoms with Crippen molar-refractivity contribution in [1.82, 2.24) is 15.0 Å². The summed E-state index contributed by atoms with van der Waals surface area (Å²) in [4.78, 5) is 23.3. The highest BCUT2D eigenvalue weighted by Gasteiger charge is 2.06. The second-order valence-corrected chi connectivity index (χ2v) is 3.50. The number of aromatic nitrogens is 3. The number of methoxy groups -OCH3 is 1. The average Bonchev–Trinajstić information content (AvgIpc) is 2.28. The zero-order chi connectivity index (χ0) is 11.5. The maximum absolute atomic E-state index is 11.1. The largest absolute Gasteiger partial charge is 0.469 e. The van der Waals surface area contributed by atoms with Gasteiger partial charge in [-0.1, -0.05) is 11.6 Å². The predicted octanol–water partition coefficient (Wildman–Crippen LogP) is 1.39. The van der Waals surface area contributed by atoms with E-state index in [1.165, 1.54) is 13.3 Å². The number of hydrogen-bond donors (Lipinski definition) is 0. The summed E-state index contributed by atoms with van der Waals surface area (Å²) in [6.45, 7) is 0. The first-order valence-corrected chi connectivity index (χ1v) is 4.91. The SMILES string of the molecule is COC(=O)Cc1cc2nc(Cl)cnc2cn1. The predicted molar refractivity (Wildman–Crippen MR) is 58.1 cm³/mol. The summed E-state index contributed by atoms with van der Waals surface area (Å²) in [5.74, 6) is -0.346. The molecule has 0 radical (unpaired) electrons. The minimum atomic E-state index is -0.346. The minimum Gasteiger partial charge on any atom is -0.469 e. The molecule has 0 aliphatic carbocycles. The standard InChI is InChI=1S/C10H8ClN3O2/c1-16-10(15)3-6-2-7-8(4-12-6)13-5-9(11)14-7/h2,4-5H,3H2,1H3. The number of ether oxygens (including phenoxy) is 1. The van der Waals surface area contributed by atoms with Crippen molar-refractivity contribution in [1.29, 1.82) is 0 Å². The molecular formula is C10H8ClN3O2. The maximum atomic E-state index is 11.1. The number of nitrogens with zero attached hydrogens (tertiary/aromatic N) is 3. The third-order valence-corrected chi connectivity index (χ3v) is 2.19. The lowest BCUT2D eigenvalue weighted by molar-refractivity contribution is -0.139. The van der Waals surface area contributed by atoms with E-state index < -0.39 is 0 Å². The van der Waals surface area contributed by atoms with Crippen molar-refractivity contribution in [2.75, 3.05) is 7.11 Å². The zero-order valence-electron chi connectivity index (χ0n) is 8.48. The van der Waals surface area contributed by atoms with Gasteiger partial charge < -0.3 is 4.74 Å². The van der Waals surface area contributed by atoms with Crippen LogP contribution in [0.15, 0.2) is 18.5 Å². The molecule has 0 N–H and O–H groups in total. The maximum Gasteiger partial charge on any atom is 0.311 e. The summed E-state index contributed by atoms with van der Waals surface area (Å²) in [5.41, 5.74) is 1.83. The summed E-state index contributed by atoms with van der Waals surface area (Å²) in [5, 5.41) is 0.308. The molecule has 0 unspecified atom stereocenters. The minimum absolute atomic E-state index is 0.112. The van der Waals surface area contributed by atoms with Crippen LogP contribution in [0.25, 0.3) is 11.0 Å². The summed E-state index contributed by atoms with van der Waals surface area (Å²) in [6, 6.07) is 1.67. The van der Waals surface area contributed by atoms with Crippen molar-refractivity contribution in [3.63, 3.8) is 0 Å². The summed E-state index contributed by atoms with van der Waals surface area (Å²) in [6.07, 6.45) is 3.11. The molecule has 2 rings (SSSR count). The number of hydrogen-bond acceptors (Lipinski definition) is 5. The van der Waals surface area contributed by atoms with E-state index in [1.54, 1.807) is 12.3 Å². The fourth-order valence-corrected chi connectivity index (χ4v) is 1.39. The van der Waals surface area contributed by atoms with Gasteiger partial charge >= 0.3 is 5.97 Å². The Kier molecular flexibility index (Phi) is 2.96. The fraction of sp³-hybridized carbons (Fsp3) is 0.200. The van der Waals surface area contributed by atoms with E-state index in [4.69, 9.17) is 11.6 Å². The second kappa shape index (κ2) is 4.40. The summed E-state index contributed by atoms with van der Waals surface area (Å²) < 4.78 is 4.55. The first kappa shape index (κ1) is 10.8. The van der Waals surface area contributed by atoms with Gasteiger partial charge in [0.05, 0.1) is 37.1 Å². The molecule has 0 bridgehead atoms. The van der Waals surface area contributed by atoms with Gasteiger partial charge in [-0.25, -0.2) is 9.97 Å². The first-order chi connectivity index (χ1) is 7.69. The highest BCUT2D eigenvalue weighted by molar-refractivity contribution is 6.29. The van der Waals surface area contributed by atoms with Crippen LogP contribution in [0.1, 0.15) is 5.69 Å². The molecule has 0 amide bonds. The number of pyridine rings is 1. The lowest BCUT2D eigenvalue weighted by Crippen LogP contribution is -2.06.